The van der Waals surface area contributed by atoms with E-state index in [4.69, 9.17) is 23.2 Å². The number of urea groups is 1. The summed E-state index contributed by atoms with van der Waals surface area (Å²) in [4.78, 5) is 27.0. The fourth-order valence-corrected chi connectivity index (χ4v) is 5.98. The zero-order chi connectivity index (χ0) is 21.6. The van der Waals surface area contributed by atoms with Crippen molar-refractivity contribution in [2.45, 2.75) is 70.0 Å². The van der Waals surface area contributed by atoms with E-state index in [0.29, 0.717) is 12.8 Å². The average molecular weight is 456 g/mol. The van der Waals surface area contributed by atoms with Crippen molar-refractivity contribution in [1.82, 2.24) is 15.5 Å². The molecule has 164 valence electrons. The molecule has 1 unspecified atom stereocenters. The van der Waals surface area contributed by atoms with Gasteiger partial charge in [0.1, 0.15) is 5.82 Å². The number of fused-ring (bicyclic) bond motifs is 1. The molecule has 0 spiro atoms. The molecule has 1 aliphatic heterocycles. The van der Waals surface area contributed by atoms with Gasteiger partial charge in [0.05, 0.1) is 28.2 Å². The number of amides is 3. The summed E-state index contributed by atoms with van der Waals surface area (Å²) in [7, 11) is 1.79. The topological polar surface area (TPSA) is 61.4 Å². The normalized spacial score (nSPS) is 28.8. The Morgan fingerprint density at radius 2 is 2.00 bits per heavy atom. The number of carbonyl (C=O) groups is 2. The lowest BCUT2D eigenvalue weighted by Gasteiger charge is -2.38. The number of rotatable bonds is 4. The predicted molar refractivity (Wildman–Crippen MR) is 115 cm³/mol. The van der Waals surface area contributed by atoms with Gasteiger partial charge in [0.25, 0.3) is 0 Å². The van der Waals surface area contributed by atoms with Gasteiger partial charge in [-0.15, -0.1) is 0 Å². The second kappa shape index (κ2) is 8.19. The summed E-state index contributed by atoms with van der Waals surface area (Å²) >= 11 is 12.6. The molecule has 4 atom stereocenters. The molecule has 4 rings (SSSR count). The number of nitrogens with one attached hydrogen (secondary N) is 2. The Bertz CT molecular complexity index is 859. The first-order valence-corrected chi connectivity index (χ1v) is 11.4. The van der Waals surface area contributed by atoms with Crippen LogP contribution in [0.4, 0.5) is 9.18 Å². The van der Waals surface area contributed by atoms with Crippen LogP contribution >= 0.6 is 23.2 Å². The molecule has 2 N–H and O–H groups in total. The van der Waals surface area contributed by atoms with Gasteiger partial charge in [-0.3, -0.25) is 4.79 Å². The third kappa shape index (κ3) is 3.77. The van der Waals surface area contributed by atoms with Crippen LogP contribution in [-0.4, -0.2) is 36.0 Å². The highest BCUT2D eigenvalue weighted by Gasteiger charge is 2.45. The summed E-state index contributed by atoms with van der Waals surface area (Å²) in [6.45, 7) is 2.09. The Labute approximate surface area is 186 Å². The molecule has 3 fully saturated rings. The molecule has 0 bridgehead atoms. The number of hydrogen-bond donors (Lipinski definition) is 2. The summed E-state index contributed by atoms with van der Waals surface area (Å²) in [5.41, 5.74) is -0.00593. The van der Waals surface area contributed by atoms with Crippen molar-refractivity contribution >= 4 is 35.1 Å². The van der Waals surface area contributed by atoms with Crippen LogP contribution < -0.4 is 10.6 Å². The fraction of sp³-hybridized carbons (Fsp3) is 0.636. The van der Waals surface area contributed by atoms with Crippen molar-refractivity contribution in [3.63, 3.8) is 0 Å². The Morgan fingerprint density at radius 3 is 2.70 bits per heavy atom. The maximum Gasteiger partial charge on any atom is 0.317 e. The highest BCUT2D eigenvalue weighted by Crippen LogP contribution is 2.50. The zero-order valence-electron chi connectivity index (χ0n) is 17.3. The van der Waals surface area contributed by atoms with E-state index in [2.05, 4.69) is 17.6 Å². The van der Waals surface area contributed by atoms with E-state index in [-0.39, 0.29) is 51.0 Å². The first-order valence-electron chi connectivity index (χ1n) is 10.7. The number of halogens is 3. The molecule has 0 aromatic heterocycles. The third-order valence-electron chi connectivity index (χ3n) is 7.41. The molecule has 5 nitrogen and oxygen atoms in total. The molecule has 3 amide bonds. The molecule has 30 heavy (non-hydrogen) atoms. The summed E-state index contributed by atoms with van der Waals surface area (Å²) in [5, 5.41) is 6.57. The monoisotopic (exact) mass is 455 g/mol. The second-order valence-corrected chi connectivity index (χ2v) is 10.1. The molecular formula is C22H28Cl2FN3O2. The molecule has 3 aliphatic rings. The molecule has 8 heteroatoms. The summed E-state index contributed by atoms with van der Waals surface area (Å²) in [6.07, 6.45) is 5.89. The highest BCUT2D eigenvalue weighted by atomic mass is 35.5. The van der Waals surface area contributed by atoms with Crippen LogP contribution in [0.3, 0.4) is 0 Å². The number of nitrogens with zero attached hydrogens (tertiary/aromatic N) is 1. The van der Waals surface area contributed by atoms with Crippen molar-refractivity contribution in [2.24, 2.45) is 11.3 Å². The van der Waals surface area contributed by atoms with E-state index in [0.717, 1.165) is 32.1 Å². The summed E-state index contributed by atoms with van der Waals surface area (Å²) in [5.74, 6) is -0.784. The Morgan fingerprint density at radius 1 is 1.30 bits per heavy atom. The number of likely N-dealkylation sites (N-methyl/N-ethyl adjacent to an activating group) is 1. The summed E-state index contributed by atoms with van der Waals surface area (Å²) in [6, 6.07) is 2.23. The molecule has 2 aliphatic carbocycles. The molecule has 2 saturated carbocycles. The van der Waals surface area contributed by atoms with Crippen LogP contribution in [0.5, 0.6) is 0 Å². The first kappa shape index (κ1) is 21.7. The van der Waals surface area contributed by atoms with E-state index >= 15 is 0 Å². The smallest absolute Gasteiger partial charge is 0.317 e. The highest BCUT2D eigenvalue weighted by molar-refractivity contribution is 6.42. The minimum Gasteiger partial charge on any atom is -0.348 e. The molecule has 0 radical (unpaired) electrons. The van der Waals surface area contributed by atoms with Crippen molar-refractivity contribution in [3.05, 3.63) is 33.6 Å². The van der Waals surface area contributed by atoms with Crippen molar-refractivity contribution in [3.8, 4) is 0 Å². The van der Waals surface area contributed by atoms with E-state index < -0.39 is 11.9 Å². The van der Waals surface area contributed by atoms with Crippen molar-refractivity contribution in [2.75, 3.05) is 7.05 Å². The average Bonchev–Trinajstić information content (AvgIpc) is 3.28. The lowest BCUT2D eigenvalue weighted by molar-refractivity contribution is -0.128. The largest absolute Gasteiger partial charge is 0.348 e. The first-order chi connectivity index (χ1) is 14.2. The van der Waals surface area contributed by atoms with Gasteiger partial charge < -0.3 is 15.5 Å². The number of benzene rings is 1. The van der Waals surface area contributed by atoms with Crippen molar-refractivity contribution in [1.29, 1.82) is 0 Å². The van der Waals surface area contributed by atoms with Crippen molar-refractivity contribution < 1.29 is 14.0 Å². The predicted octanol–water partition coefficient (Wildman–Crippen LogP) is 5.06. The molecule has 1 heterocycles. The molecule has 1 aromatic rings. The number of hydrogen-bond acceptors (Lipinski definition) is 2. The minimum absolute atomic E-state index is 0.0287. The van der Waals surface area contributed by atoms with Crippen LogP contribution in [0, 0.1) is 17.2 Å². The van der Waals surface area contributed by atoms with E-state index in [1.165, 1.54) is 12.1 Å². The lowest BCUT2D eigenvalue weighted by Crippen LogP contribution is -2.47. The Kier molecular flexibility index (Phi) is 5.92. The second-order valence-electron chi connectivity index (χ2n) is 9.30. The van der Waals surface area contributed by atoms with E-state index in [9.17, 15) is 14.0 Å². The Hall–Kier alpha value is -1.53. The fourth-order valence-electron chi connectivity index (χ4n) is 5.56. The van der Waals surface area contributed by atoms with Gasteiger partial charge in [-0.25, -0.2) is 9.18 Å². The summed E-state index contributed by atoms with van der Waals surface area (Å²) < 4.78 is 14.9. The SMILES string of the molecule is CN1C(=O)NC2C[C@@H](C(=O)N[C@H](c3c(F)ccc(Cl)c3Cl)C3(C)CCCC3)CC[C@@H]21. The maximum atomic E-state index is 14.9. The lowest BCUT2D eigenvalue weighted by atomic mass is 9.76. The minimum atomic E-state index is -0.544. The van der Waals surface area contributed by atoms with Crippen LogP contribution in [0.2, 0.25) is 10.0 Å². The van der Waals surface area contributed by atoms with E-state index in [1.807, 2.05) is 0 Å². The van der Waals surface area contributed by atoms with Gasteiger partial charge in [0.15, 0.2) is 0 Å². The van der Waals surface area contributed by atoms with Gasteiger partial charge in [-0.2, -0.15) is 0 Å². The van der Waals surface area contributed by atoms with Gasteiger partial charge >= 0.3 is 6.03 Å². The quantitative estimate of drug-likeness (QED) is 0.622. The molecule has 1 aromatic carbocycles. The number of carbonyl (C=O) groups excluding carboxylic acids is 2. The van der Waals surface area contributed by atoms with Crippen LogP contribution in [0.1, 0.15) is 63.5 Å². The van der Waals surface area contributed by atoms with Crippen LogP contribution in [0.25, 0.3) is 0 Å². The van der Waals surface area contributed by atoms with Crippen LogP contribution in [-0.2, 0) is 4.79 Å². The van der Waals surface area contributed by atoms with Gasteiger partial charge in [-0.1, -0.05) is 43.0 Å². The van der Waals surface area contributed by atoms with Gasteiger partial charge in [-0.05, 0) is 49.7 Å². The van der Waals surface area contributed by atoms with E-state index in [1.54, 1.807) is 11.9 Å². The van der Waals surface area contributed by atoms with Gasteiger partial charge in [0, 0.05) is 18.5 Å². The Balaban J connectivity index is 1.58. The zero-order valence-corrected chi connectivity index (χ0v) is 18.8. The van der Waals surface area contributed by atoms with Gasteiger partial charge in [0.2, 0.25) is 5.91 Å². The van der Waals surface area contributed by atoms with Crippen LogP contribution in [0.15, 0.2) is 12.1 Å². The maximum absolute atomic E-state index is 14.9. The standard InChI is InChI=1S/C22H28Cl2FN3O2/c1-22(9-3-4-10-22)19(17-14(25)7-6-13(23)18(17)24)27-20(29)12-5-8-16-15(11-12)26-21(30)28(16)2/h6-7,12,15-16,19H,3-5,8-11H2,1-2H3,(H,26,30)(H,27,29)/t12-,15?,16-,19+/m0/s1. The molecular weight excluding hydrogens is 428 g/mol. The third-order valence-corrected chi connectivity index (χ3v) is 8.23. The molecule has 1 saturated heterocycles.